The maximum atomic E-state index is 10.3. The molecule has 0 radical (unpaired) electrons. The highest BCUT2D eigenvalue weighted by atomic mass is 16.2. The molecule has 0 aromatic carbocycles. The smallest absolute Gasteiger partial charge is 0.275 e. The van der Waals surface area contributed by atoms with Crippen LogP contribution in [0.15, 0.2) is 4.99 Å². The van der Waals surface area contributed by atoms with E-state index in [1.54, 1.807) is 0 Å². The van der Waals surface area contributed by atoms with Crippen LogP contribution in [0.25, 0.3) is 0 Å². The van der Waals surface area contributed by atoms with E-state index < -0.39 is 5.91 Å². The van der Waals surface area contributed by atoms with E-state index in [0.717, 1.165) is 6.08 Å². The van der Waals surface area contributed by atoms with Crippen LogP contribution >= 0.6 is 0 Å². The number of aliphatic imine (C=N–C) groups is 1. The molecule has 0 aliphatic carbocycles. The summed E-state index contributed by atoms with van der Waals surface area (Å²) in [5, 5.41) is 8.76. The number of hydrogen-bond donors (Lipinski definition) is 3. The van der Waals surface area contributed by atoms with E-state index in [9.17, 15) is 9.59 Å². The van der Waals surface area contributed by atoms with Crippen LogP contribution in [0, 0.1) is 5.41 Å². The summed E-state index contributed by atoms with van der Waals surface area (Å²) < 4.78 is 0. The lowest BCUT2D eigenvalue weighted by atomic mass is 10.6. The van der Waals surface area contributed by atoms with Gasteiger partial charge in [0.25, 0.3) is 5.91 Å². The highest BCUT2D eigenvalue weighted by Gasteiger charge is 1.96. The zero-order valence-electron chi connectivity index (χ0n) is 5.05. The van der Waals surface area contributed by atoms with Crippen molar-refractivity contribution in [2.75, 3.05) is 6.54 Å². The van der Waals surface area contributed by atoms with Crippen LogP contribution < -0.4 is 11.1 Å². The molecule has 54 valence electrons. The van der Waals surface area contributed by atoms with E-state index in [0.29, 0.717) is 0 Å². The summed E-state index contributed by atoms with van der Waals surface area (Å²) in [6, 6.07) is 0. The predicted molar refractivity (Wildman–Crippen MR) is 33.0 cm³/mol. The molecule has 0 fully saturated rings. The minimum absolute atomic E-state index is 0.245. The van der Waals surface area contributed by atoms with Crippen molar-refractivity contribution in [1.29, 1.82) is 5.41 Å². The summed E-state index contributed by atoms with van der Waals surface area (Å²) in [5.41, 5.74) is 4.82. The fraction of sp³-hybridized carbons (Fsp3) is 0.250. The monoisotopic (exact) mass is 142 g/mol. The molecule has 0 spiro atoms. The molecule has 0 saturated carbocycles. The van der Waals surface area contributed by atoms with Crippen LogP contribution in [0.2, 0.25) is 0 Å². The average Bonchev–Trinajstić information content (AvgIpc) is 1.85. The molecule has 6 heteroatoms. The lowest BCUT2D eigenvalue weighted by Crippen LogP contribution is -2.33. The highest BCUT2D eigenvalue weighted by Crippen LogP contribution is 1.67. The fourth-order valence-corrected chi connectivity index (χ4v) is 0.261. The van der Waals surface area contributed by atoms with E-state index >= 15 is 0 Å². The molecule has 10 heavy (non-hydrogen) atoms. The number of carbonyl (C=O) groups excluding carboxylic acids is 2. The third-order valence-electron chi connectivity index (χ3n) is 0.600. The summed E-state index contributed by atoms with van der Waals surface area (Å²) in [4.78, 5) is 22.5. The number of nitrogens with one attached hydrogen (secondary N) is 2. The molecule has 0 rings (SSSR count). The van der Waals surface area contributed by atoms with E-state index in [1.165, 1.54) is 0 Å². The fourth-order valence-electron chi connectivity index (χ4n) is 0.261. The lowest BCUT2D eigenvalue weighted by molar-refractivity contribution is -0.116. The minimum atomic E-state index is -0.704. The van der Waals surface area contributed by atoms with Crippen LogP contribution in [0.1, 0.15) is 0 Å². The highest BCUT2D eigenvalue weighted by molar-refractivity contribution is 5.87. The Hall–Kier alpha value is -1.68. The van der Waals surface area contributed by atoms with E-state index in [4.69, 9.17) is 11.1 Å². The first-order valence-corrected chi connectivity index (χ1v) is 2.35. The van der Waals surface area contributed by atoms with Crippen molar-refractivity contribution >= 4 is 17.9 Å². The molecular weight excluding hydrogens is 136 g/mol. The van der Waals surface area contributed by atoms with Crippen molar-refractivity contribution < 1.29 is 9.59 Å². The molecule has 0 heterocycles. The molecule has 4 N–H and O–H groups in total. The first-order valence-electron chi connectivity index (χ1n) is 2.35. The minimum Gasteiger partial charge on any atom is -0.370 e. The second-order valence-corrected chi connectivity index (χ2v) is 1.36. The van der Waals surface area contributed by atoms with Gasteiger partial charge in [-0.1, -0.05) is 0 Å². The number of isocyanates is 1. The third-order valence-corrected chi connectivity index (χ3v) is 0.600. The number of guanidine groups is 1. The third kappa shape index (κ3) is 4.48. The molecule has 0 unspecified atom stereocenters. The van der Waals surface area contributed by atoms with Gasteiger partial charge in [-0.3, -0.25) is 10.2 Å². The van der Waals surface area contributed by atoms with Gasteiger partial charge in [-0.15, -0.1) is 4.99 Å². The van der Waals surface area contributed by atoms with Crippen molar-refractivity contribution in [3.8, 4) is 0 Å². The van der Waals surface area contributed by atoms with Gasteiger partial charge in [0.2, 0.25) is 6.08 Å². The first-order chi connectivity index (χ1) is 4.66. The maximum Gasteiger partial charge on any atom is 0.275 e. The number of rotatable bonds is 2. The second kappa shape index (κ2) is 4.22. The summed E-state index contributed by atoms with van der Waals surface area (Å²) in [6.07, 6.45) is 1.07. The van der Waals surface area contributed by atoms with Gasteiger partial charge in [-0.2, -0.15) is 0 Å². The quantitative estimate of drug-likeness (QED) is 0.243. The van der Waals surface area contributed by atoms with Gasteiger partial charge < -0.3 is 11.1 Å². The van der Waals surface area contributed by atoms with Gasteiger partial charge in [0.15, 0.2) is 5.96 Å². The predicted octanol–water partition coefficient (Wildman–Crippen LogP) is -1.67. The number of carbonyl (C=O) groups is 1. The van der Waals surface area contributed by atoms with Gasteiger partial charge in [-0.25, -0.2) is 4.79 Å². The Morgan fingerprint density at radius 1 is 1.80 bits per heavy atom. The van der Waals surface area contributed by atoms with Crippen molar-refractivity contribution in [2.45, 2.75) is 0 Å². The zero-order valence-corrected chi connectivity index (χ0v) is 5.05. The molecule has 0 atom stereocenters. The van der Waals surface area contributed by atoms with Gasteiger partial charge in [-0.05, 0) is 0 Å². The molecule has 0 aliphatic rings. The molecule has 0 bridgehead atoms. The van der Waals surface area contributed by atoms with Crippen LogP contribution in [-0.2, 0) is 9.59 Å². The Bertz CT molecular complexity index is 193. The summed E-state index contributed by atoms with van der Waals surface area (Å²) in [7, 11) is 0. The summed E-state index contributed by atoms with van der Waals surface area (Å²) >= 11 is 0. The van der Waals surface area contributed by atoms with Crippen molar-refractivity contribution in [1.82, 2.24) is 5.32 Å². The Morgan fingerprint density at radius 2 is 2.40 bits per heavy atom. The number of amides is 1. The molecule has 0 saturated heterocycles. The molecule has 6 nitrogen and oxygen atoms in total. The molecular formula is C4H6N4O2. The van der Waals surface area contributed by atoms with E-state index in [1.807, 2.05) is 0 Å². The Morgan fingerprint density at radius 3 is 2.80 bits per heavy atom. The molecule has 1 amide bonds. The average molecular weight is 142 g/mol. The molecule has 0 aromatic heterocycles. The van der Waals surface area contributed by atoms with E-state index in [2.05, 4.69) is 10.3 Å². The van der Waals surface area contributed by atoms with Crippen molar-refractivity contribution in [2.24, 2.45) is 10.7 Å². The Kier molecular flexibility index (Phi) is 3.51. The Labute approximate surface area is 56.6 Å². The number of nitrogens with two attached hydrogens (primary N) is 1. The maximum absolute atomic E-state index is 10.3. The summed E-state index contributed by atoms with van der Waals surface area (Å²) in [5.74, 6) is -1.04. The van der Waals surface area contributed by atoms with Gasteiger partial charge in [0, 0.05) is 0 Å². The van der Waals surface area contributed by atoms with Crippen molar-refractivity contribution in [3.05, 3.63) is 0 Å². The van der Waals surface area contributed by atoms with E-state index in [-0.39, 0.29) is 12.5 Å². The molecule has 0 aliphatic heterocycles. The van der Waals surface area contributed by atoms with Crippen LogP contribution in [0.5, 0.6) is 0 Å². The second-order valence-electron chi connectivity index (χ2n) is 1.36. The van der Waals surface area contributed by atoms with Gasteiger partial charge >= 0.3 is 0 Å². The van der Waals surface area contributed by atoms with Crippen LogP contribution in [-0.4, -0.2) is 24.5 Å². The number of nitrogens with zero attached hydrogens (tertiary/aromatic N) is 1. The summed E-state index contributed by atoms with van der Waals surface area (Å²) in [6.45, 7) is -0.245. The lowest BCUT2D eigenvalue weighted by Gasteiger charge is -1.95. The topological polar surface area (TPSA) is 108 Å². The largest absolute Gasteiger partial charge is 0.370 e. The normalized spacial score (nSPS) is 7.60. The molecule has 0 aromatic rings. The van der Waals surface area contributed by atoms with Crippen LogP contribution in [0.3, 0.4) is 0 Å². The van der Waals surface area contributed by atoms with Crippen molar-refractivity contribution in [3.63, 3.8) is 0 Å². The van der Waals surface area contributed by atoms with Gasteiger partial charge in [0.1, 0.15) is 0 Å². The standard InChI is InChI=1S/C4H6N4O2/c5-4(6)7-1-3(10)8-2-9/h1H2,(H4,5,6,7). The zero-order chi connectivity index (χ0) is 7.98. The van der Waals surface area contributed by atoms with Gasteiger partial charge in [0.05, 0.1) is 6.54 Å². The SMILES string of the molecule is N=C(N)NCC(=O)N=C=O. The number of hydrogen-bond acceptors (Lipinski definition) is 3. The first kappa shape index (κ1) is 8.32. The van der Waals surface area contributed by atoms with Crippen LogP contribution in [0.4, 0.5) is 0 Å². The Balaban J connectivity index is 3.60.